The fraction of sp³-hybridized carbons (Fsp3) is 0.250. The first-order valence-corrected chi connectivity index (χ1v) is 8.67. The number of aromatic nitrogens is 2. The van der Waals surface area contributed by atoms with Crippen molar-refractivity contribution in [2.24, 2.45) is 0 Å². The molecule has 0 bridgehead atoms. The van der Waals surface area contributed by atoms with Gasteiger partial charge in [-0.1, -0.05) is 18.2 Å². The molecular weight excluding hydrogens is 346 g/mol. The number of carbonyl (C=O) groups excluding carboxylic acids is 2. The highest BCUT2D eigenvalue weighted by molar-refractivity contribution is 5.94. The molecular formula is C20H19N3O4. The standard InChI is InChI=1S/C20H19N3O4/c1-26-20(25)14-7-8-17-16(9-14)22-18-12-27-11-15(23(17)18)10-21-19(24)13-5-3-2-4-6-13/h2-9,15H,10-12H2,1H3,(H,21,24). The van der Waals surface area contributed by atoms with Crippen LogP contribution >= 0.6 is 0 Å². The first kappa shape index (κ1) is 17.2. The van der Waals surface area contributed by atoms with Crippen molar-refractivity contribution in [1.29, 1.82) is 0 Å². The first-order valence-electron chi connectivity index (χ1n) is 8.67. The van der Waals surface area contributed by atoms with Crippen LogP contribution in [-0.2, 0) is 16.1 Å². The summed E-state index contributed by atoms with van der Waals surface area (Å²) in [5.41, 5.74) is 2.68. The van der Waals surface area contributed by atoms with Crippen LogP contribution in [0.15, 0.2) is 48.5 Å². The average Bonchev–Trinajstić information content (AvgIpc) is 3.10. The first-order chi connectivity index (χ1) is 13.2. The van der Waals surface area contributed by atoms with Crippen LogP contribution in [-0.4, -0.2) is 41.7 Å². The molecule has 0 saturated carbocycles. The molecule has 1 aliphatic heterocycles. The molecule has 7 nitrogen and oxygen atoms in total. The predicted molar refractivity (Wildman–Crippen MR) is 98.5 cm³/mol. The predicted octanol–water partition coefficient (Wildman–Crippen LogP) is 2.32. The van der Waals surface area contributed by atoms with Crippen LogP contribution in [0.3, 0.4) is 0 Å². The van der Waals surface area contributed by atoms with Gasteiger partial charge in [0.15, 0.2) is 0 Å². The number of amides is 1. The molecule has 4 rings (SSSR count). The van der Waals surface area contributed by atoms with Gasteiger partial charge >= 0.3 is 5.97 Å². The second kappa shape index (κ2) is 7.20. The van der Waals surface area contributed by atoms with Gasteiger partial charge in [0.05, 0.1) is 36.4 Å². The van der Waals surface area contributed by atoms with Crippen LogP contribution < -0.4 is 5.32 Å². The van der Waals surface area contributed by atoms with Crippen LogP contribution in [0.4, 0.5) is 0 Å². The monoisotopic (exact) mass is 365 g/mol. The topological polar surface area (TPSA) is 82.5 Å². The van der Waals surface area contributed by atoms with E-state index in [1.165, 1.54) is 7.11 Å². The Kier molecular flexibility index (Phi) is 4.60. The van der Waals surface area contributed by atoms with Crippen LogP contribution in [0.25, 0.3) is 11.0 Å². The van der Waals surface area contributed by atoms with Crippen LogP contribution in [0, 0.1) is 0 Å². The molecule has 2 heterocycles. The molecule has 2 aromatic carbocycles. The lowest BCUT2D eigenvalue weighted by Crippen LogP contribution is -2.35. The van der Waals surface area contributed by atoms with E-state index in [2.05, 4.69) is 14.9 Å². The summed E-state index contributed by atoms with van der Waals surface area (Å²) in [6.45, 7) is 1.29. The van der Waals surface area contributed by atoms with E-state index in [4.69, 9.17) is 9.47 Å². The zero-order chi connectivity index (χ0) is 18.8. The van der Waals surface area contributed by atoms with E-state index in [9.17, 15) is 9.59 Å². The molecule has 0 spiro atoms. The van der Waals surface area contributed by atoms with Crippen molar-refractivity contribution < 1.29 is 19.1 Å². The second-order valence-corrected chi connectivity index (χ2v) is 6.34. The van der Waals surface area contributed by atoms with Crippen molar-refractivity contribution in [1.82, 2.24) is 14.9 Å². The largest absolute Gasteiger partial charge is 0.465 e. The Morgan fingerprint density at radius 1 is 1.22 bits per heavy atom. The molecule has 1 unspecified atom stereocenters. The maximum atomic E-state index is 12.3. The zero-order valence-electron chi connectivity index (χ0n) is 14.8. The number of methoxy groups -OCH3 is 1. The second-order valence-electron chi connectivity index (χ2n) is 6.34. The Balaban J connectivity index is 1.59. The Morgan fingerprint density at radius 2 is 2.04 bits per heavy atom. The van der Waals surface area contributed by atoms with E-state index in [0.717, 1.165) is 11.3 Å². The lowest BCUT2D eigenvalue weighted by Gasteiger charge is -2.26. The van der Waals surface area contributed by atoms with Gasteiger partial charge < -0.3 is 19.4 Å². The lowest BCUT2D eigenvalue weighted by atomic mass is 10.2. The smallest absolute Gasteiger partial charge is 0.337 e. The Morgan fingerprint density at radius 3 is 2.81 bits per heavy atom. The van der Waals surface area contributed by atoms with Crippen molar-refractivity contribution in [2.45, 2.75) is 12.6 Å². The SMILES string of the molecule is COC(=O)c1ccc2c(c1)nc1n2C(CNC(=O)c2ccccc2)COC1. The highest BCUT2D eigenvalue weighted by atomic mass is 16.5. The lowest BCUT2D eigenvalue weighted by molar-refractivity contribution is 0.0553. The van der Waals surface area contributed by atoms with Gasteiger partial charge in [-0.05, 0) is 30.3 Å². The number of rotatable bonds is 4. The quantitative estimate of drug-likeness (QED) is 0.718. The van der Waals surface area contributed by atoms with Gasteiger partial charge in [-0.3, -0.25) is 4.79 Å². The summed E-state index contributed by atoms with van der Waals surface area (Å²) in [6.07, 6.45) is 0. The molecule has 1 amide bonds. The van der Waals surface area contributed by atoms with Gasteiger partial charge in [-0.15, -0.1) is 0 Å². The number of imidazole rings is 1. The van der Waals surface area contributed by atoms with Crippen LogP contribution in [0.2, 0.25) is 0 Å². The summed E-state index contributed by atoms with van der Waals surface area (Å²) < 4.78 is 12.5. The summed E-state index contributed by atoms with van der Waals surface area (Å²) in [6, 6.07) is 14.3. The van der Waals surface area contributed by atoms with Crippen molar-refractivity contribution >= 4 is 22.9 Å². The van der Waals surface area contributed by atoms with Gasteiger partial charge in [0, 0.05) is 12.1 Å². The summed E-state index contributed by atoms with van der Waals surface area (Å²) in [5.74, 6) is 0.253. The van der Waals surface area contributed by atoms with Gasteiger partial charge in [0.1, 0.15) is 12.4 Å². The number of hydrogen-bond donors (Lipinski definition) is 1. The Bertz CT molecular complexity index is 997. The van der Waals surface area contributed by atoms with Crippen molar-refractivity contribution in [2.75, 3.05) is 20.3 Å². The van der Waals surface area contributed by atoms with Crippen molar-refractivity contribution in [3.8, 4) is 0 Å². The molecule has 1 aromatic heterocycles. The molecule has 3 aromatic rings. The average molecular weight is 365 g/mol. The summed E-state index contributed by atoms with van der Waals surface area (Å²) in [7, 11) is 1.35. The summed E-state index contributed by atoms with van der Waals surface area (Å²) in [4.78, 5) is 28.7. The molecule has 1 N–H and O–H groups in total. The van der Waals surface area contributed by atoms with E-state index >= 15 is 0 Å². The highest BCUT2D eigenvalue weighted by Crippen LogP contribution is 2.26. The fourth-order valence-electron chi connectivity index (χ4n) is 3.32. The number of carbonyl (C=O) groups is 2. The third-order valence-corrected chi connectivity index (χ3v) is 4.62. The Hall–Kier alpha value is -3.19. The van der Waals surface area contributed by atoms with Crippen molar-refractivity contribution in [3.63, 3.8) is 0 Å². The minimum absolute atomic E-state index is 0.0737. The summed E-state index contributed by atoms with van der Waals surface area (Å²) >= 11 is 0. The van der Waals surface area contributed by atoms with Gasteiger partial charge in [-0.2, -0.15) is 0 Å². The summed E-state index contributed by atoms with van der Waals surface area (Å²) in [5, 5.41) is 2.96. The fourth-order valence-corrected chi connectivity index (χ4v) is 3.32. The number of nitrogens with zero attached hydrogens (tertiary/aromatic N) is 2. The third kappa shape index (κ3) is 3.29. The number of esters is 1. The number of nitrogens with one attached hydrogen (secondary N) is 1. The molecule has 138 valence electrons. The molecule has 1 aliphatic rings. The maximum Gasteiger partial charge on any atom is 0.337 e. The number of ether oxygens (including phenoxy) is 2. The number of hydrogen-bond acceptors (Lipinski definition) is 5. The molecule has 1 atom stereocenters. The van der Waals surface area contributed by atoms with Gasteiger partial charge in [0.25, 0.3) is 5.91 Å². The Labute approximate surface area is 155 Å². The highest BCUT2D eigenvalue weighted by Gasteiger charge is 2.25. The molecule has 0 radical (unpaired) electrons. The van der Waals surface area contributed by atoms with Crippen LogP contribution in [0.5, 0.6) is 0 Å². The third-order valence-electron chi connectivity index (χ3n) is 4.62. The minimum atomic E-state index is -0.397. The number of fused-ring (bicyclic) bond motifs is 3. The molecule has 7 heteroatoms. The maximum absolute atomic E-state index is 12.3. The van der Waals surface area contributed by atoms with Crippen molar-refractivity contribution in [3.05, 3.63) is 65.5 Å². The normalized spacial score (nSPS) is 16.0. The zero-order valence-corrected chi connectivity index (χ0v) is 14.8. The molecule has 0 saturated heterocycles. The van der Waals surface area contributed by atoms with E-state index in [1.54, 1.807) is 24.3 Å². The molecule has 27 heavy (non-hydrogen) atoms. The number of benzene rings is 2. The molecule has 0 fully saturated rings. The van der Waals surface area contributed by atoms with Gasteiger partial charge in [0.2, 0.25) is 0 Å². The van der Waals surface area contributed by atoms with E-state index < -0.39 is 5.97 Å². The van der Waals surface area contributed by atoms with E-state index in [1.807, 2.05) is 24.3 Å². The van der Waals surface area contributed by atoms with Gasteiger partial charge in [-0.25, -0.2) is 9.78 Å². The van der Waals surface area contributed by atoms with E-state index in [-0.39, 0.29) is 11.9 Å². The molecule has 0 aliphatic carbocycles. The van der Waals surface area contributed by atoms with E-state index in [0.29, 0.717) is 36.4 Å². The van der Waals surface area contributed by atoms with Crippen LogP contribution in [0.1, 0.15) is 32.6 Å². The minimum Gasteiger partial charge on any atom is -0.465 e.